The lowest BCUT2D eigenvalue weighted by Gasteiger charge is -2.19. The van der Waals surface area contributed by atoms with E-state index >= 15 is 0 Å². The van der Waals surface area contributed by atoms with E-state index in [1.165, 1.54) is 27.7 Å². The summed E-state index contributed by atoms with van der Waals surface area (Å²) in [7, 11) is 0. The molecule has 1 aliphatic rings. The Morgan fingerprint density at radius 1 is 1.14 bits per heavy atom. The van der Waals surface area contributed by atoms with Crippen LogP contribution >= 0.6 is 0 Å². The van der Waals surface area contributed by atoms with Crippen molar-refractivity contribution in [2.45, 2.75) is 58.1 Å². The van der Waals surface area contributed by atoms with Gasteiger partial charge >= 0.3 is 12.2 Å². The number of ether oxygens (including phenoxy) is 2. The number of benzene rings is 2. The highest BCUT2D eigenvalue weighted by Gasteiger charge is 2.37. The number of cyclic esters (lactones) is 1. The topological polar surface area (TPSA) is 77.8 Å². The van der Waals surface area contributed by atoms with Gasteiger partial charge in [0.05, 0.1) is 11.6 Å². The van der Waals surface area contributed by atoms with E-state index < -0.39 is 23.6 Å². The summed E-state index contributed by atoms with van der Waals surface area (Å²) < 4.78 is 26.0. The fourth-order valence-electron chi connectivity index (χ4n) is 4.28. The zero-order valence-corrected chi connectivity index (χ0v) is 20.1. The zero-order valence-electron chi connectivity index (χ0n) is 20.1. The first-order valence-corrected chi connectivity index (χ1v) is 11.7. The molecule has 1 aliphatic heterocycles. The summed E-state index contributed by atoms with van der Waals surface area (Å²) in [6.07, 6.45) is 1.94. The molecule has 35 heavy (non-hydrogen) atoms. The third-order valence-corrected chi connectivity index (χ3v) is 5.82. The predicted molar refractivity (Wildman–Crippen MR) is 129 cm³/mol. The average molecular weight is 481 g/mol. The van der Waals surface area contributed by atoms with Crippen LogP contribution in [0.2, 0.25) is 0 Å². The largest absolute Gasteiger partial charge is 0.447 e. The molecule has 2 aromatic carbocycles. The van der Waals surface area contributed by atoms with E-state index in [4.69, 9.17) is 9.47 Å². The van der Waals surface area contributed by atoms with Gasteiger partial charge in [-0.2, -0.15) is 0 Å². The van der Waals surface area contributed by atoms with Crippen LogP contribution in [0, 0.1) is 5.82 Å². The second-order valence-electron chi connectivity index (χ2n) is 9.70. The number of carbonyl (C=O) groups is 3. The number of aryl methyl sites for hydroxylation is 1. The first-order chi connectivity index (χ1) is 16.6. The summed E-state index contributed by atoms with van der Waals surface area (Å²) in [6, 6.07) is 13.5. The first kappa shape index (κ1) is 24.4. The van der Waals surface area contributed by atoms with Crippen LogP contribution in [0.5, 0.6) is 0 Å². The van der Waals surface area contributed by atoms with Crippen LogP contribution in [0.4, 0.5) is 14.0 Å². The Kier molecular flexibility index (Phi) is 6.91. The maximum absolute atomic E-state index is 14.0. The van der Waals surface area contributed by atoms with Crippen LogP contribution in [0.1, 0.15) is 44.7 Å². The Hall–Kier alpha value is -3.68. The highest BCUT2D eigenvalue weighted by atomic mass is 19.1. The number of nitrogens with zero attached hydrogens (tertiary/aromatic N) is 2. The maximum Gasteiger partial charge on any atom is 0.419 e. The van der Waals surface area contributed by atoms with Gasteiger partial charge in [-0.1, -0.05) is 30.3 Å². The molecule has 0 bridgehead atoms. The second-order valence-corrected chi connectivity index (χ2v) is 9.70. The lowest BCUT2D eigenvalue weighted by atomic mass is 10.0. The van der Waals surface area contributed by atoms with Crippen molar-refractivity contribution >= 4 is 29.0 Å². The molecule has 7 nitrogen and oxygen atoms in total. The van der Waals surface area contributed by atoms with Crippen LogP contribution in [0.25, 0.3) is 10.9 Å². The van der Waals surface area contributed by atoms with Gasteiger partial charge in [0.25, 0.3) is 0 Å². The molecule has 0 unspecified atom stereocenters. The highest BCUT2D eigenvalue weighted by molar-refractivity contribution is 5.94. The minimum atomic E-state index is -0.680. The van der Waals surface area contributed by atoms with Gasteiger partial charge < -0.3 is 9.47 Å². The van der Waals surface area contributed by atoms with Crippen LogP contribution in [-0.2, 0) is 27.1 Å². The van der Waals surface area contributed by atoms with Crippen LogP contribution in [-0.4, -0.2) is 45.8 Å². The monoisotopic (exact) mass is 480 g/mol. The standard InChI is InChI=1S/C27H29FN2O5/c1-27(2,3)35-25(32)29-16-19(22-15-20(28)12-13-23(22)29)10-7-11-24(31)30-21(17-34-26(30)33)14-18-8-5-4-6-9-18/h4-6,8-9,12-13,15-16,21H,7,10-11,14,17H2,1-3H3/t21-/m0/s1. The van der Waals surface area contributed by atoms with Crippen molar-refractivity contribution < 1.29 is 28.2 Å². The molecule has 0 N–H and O–H groups in total. The minimum Gasteiger partial charge on any atom is -0.447 e. The number of hydrogen-bond acceptors (Lipinski definition) is 5. The van der Waals surface area contributed by atoms with E-state index in [1.54, 1.807) is 27.0 Å². The average Bonchev–Trinajstić information content (AvgIpc) is 3.33. The van der Waals surface area contributed by atoms with Crippen LogP contribution in [0.3, 0.4) is 0 Å². The van der Waals surface area contributed by atoms with Crippen molar-refractivity contribution in [1.82, 2.24) is 9.47 Å². The van der Waals surface area contributed by atoms with Crippen molar-refractivity contribution in [2.24, 2.45) is 0 Å². The number of amides is 2. The number of rotatable bonds is 6. The van der Waals surface area contributed by atoms with E-state index in [9.17, 15) is 18.8 Å². The Morgan fingerprint density at radius 2 is 1.89 bits per heavy atom. The smallest absolute Gasteiger partial charge is 0.419 e. The molecule has 3 aromatic rings. The molecule has 1 aromatic heterocycles. The van der Waals surface area contributed by atoms with Crippen molar-refractivity contribution in [3.63, 3.8) is 0 Å². The summed E-state index contributed by atoms with van der Waals surface area (Å²) in [4.78, 5) is 39.1. The number of hydrogen-bond donors (Lipinski definition) is 0. The summed E-state index contributed by atoms with van der Waals surface area (Å²) in [5, 5.41) is 0.589. The van der Waals surface area contributed by atoms with E-state index in [-0.39, 0.29) is 25.0 Å². The number of imide groups is 1. The number of carbonyl (C=O) groups excluding carboxylic acids is 3. The van der Waals surface area contributed by atoms with Gasteiger partial charge in [-0.15, -0.1) is 0 Å². The van der Waals surface area contributed by atoms with Crippen molar-refractivity contribution in [3.8, 4) is 0 Å². The number of halogens is 1. The molecular formula is C27H29FN2O5. The van der Waals surface area contributed by atoms with E-state index in [2.05, 4.69) is 0 Å². The van der Waals surface area contributed by atoms with Gasteiger partial charge in [-0.05, 0) is 69.4 Å². The molecule has 0 aliphatic carbocycles. The third kappa shape index (κ3) is 5.70. The third-order valence-electron chi connectivity index (χ3n) is 5.82. The fourth-order valence-corrected chi connectivity index (χ4v) is 4.28. The summed E-state index contributed by atoms with van der Waals surface area (Å²) in [5.41, 5.74) is 1.60. The molecule has 1 saturated heterocycles. The molecule has 1 fully saturated rings. The highest BCUT2D eigenvalue weighted by Crippen LogP contribution is 2.26. The Bertz CT molecular complexity index is 1250. The lowest BCUT2D eigenvalue weighted by molar-refractivity contribution is -0.129. The Balaban J connectivity index is 1.45. The first-order valence-electron chi connectivity index (χ1n) is 11.7. The van der Waals surface area contributed by atoms with Gasteiger partial charge in [0, 0.05) is 18.0 Å². The van der Waals surface area contributed by atoms with E-state index in [1.807, 2.05) is 30.3 Å². The van der Waals surface area contributed by atoms with Crippen molar-refractivity contribution in [1.29, 1.82) is 0 Å². The molecule has 2 heterocycles. The zero-order chi connectivity index (χ0) is 25.2. The summed E-state index contributed by atoms with van der Waals surface area (Å²) in [6.45, 7) is 5.49. The van der Waals surface area contributed by atoms with Gasteiger partial charge in [0.2, 0.25) is 5.91 Å². The normalized spacial score (nSPS) is 15.9. The van der Waals surface area contributed by atoms with Gasteiger partial charge in [-0.3, -0.25) is 9.36 Å². The quantitative estimate of drug-likeness (QED) is 0.467. The molecule has 1 atom stereocenters. The number of fused-ring (bicyclic) bond motifs is 1. The Labute approximate surface area is 203 Å². The molecular weight excluding hydrogens is 451 g/mol. The second kappa shape index (κ2) is 9.90. The fraction of sp³-hybridized carbons (Fsp3) is 0.370. The Morgan fingerprint density at radius 3 is 2.60 bits per heavy atom. The van der Waals surface area contributed by atoms with Crippen LogP contribution in [0.15, 0.2) is 54.7 Å². The van der Waals surface area contributed by atoms with Crippen LogP contribution < -0.4 is 0 Å². The minimum absolute atomic E-state index is 0.120. The molecule has 2 amide bonds. The number of aromatic nitrogens is 1. The predicted octanol–water partition coefficient (Wildman–Crippen LogP) is 5.48. The molecule has 8 heteroatoms. The molecule has 184 valence electrons. The lowest BCUT2D eigenvalue weighted by Crippen LogP contribution is -2.40. The SMILES string of the molecule is CC(C)(C)OC(=O)n1cc(CCCC(=O)N2C(=O)OC[C@@H]2Cc2ccccc2)c2cc(F)ccc21. The molecule has 0 saturated carbocycles. The summed E-state index contributed by atoms with van der Waals surface area (Å²) in [5.74, 6) is -0.726. The molecule has 0 radical (unpaired) electrons. The van der Waals surface area contributed by atoms with E-state index in [0.717, 1.165) is 11.1 Å². The van der Waals surface area contributed by atoms with Gasteiger partial charge in [-0.25, -0.2) is 18.9 Å². The van der Waals surface area contributed by atoms with E-state index in [0.29, 0.717) is 30.2 Å². The molecule has 4 rings (SSSR count). The summed E-state index contributed by atoms with van der Waals surface area (Å²) >= 11 is 0. The molecule has 0 spiro atoms. The van der Waals surface area contributed by atoms with Crippen molar-refractivity contribution in [2.75, 3.05) is 6.61 Å². The van der Waals surface area contributed by atoms with Gasteiger partial charge in [0.1, 0.15) is 18.0 Å². The van der Waals surface area contributed by atoms with Gasteiger partial charge in [0.15, 0.2) is 0 Å². The van der Waals surface area contributed by atoms with Crippen molar-refractivity contribution in [3.05, 3.63) is 71.7 Å². The maximum atomic E-state index is 14.0.